The average molecular weight is 166 g/mol. The number of nitrogens with zero attached hydrogens (tertiary/aromatic N) is 2. The Morgan fingerprint density at radius 2 is 2.33 bits per heavy atom. The Morgan fingerprint density at radius 3 is 2.83 bits per heavy atom. The first-order valence-electron chi connectivity index (χ1n) is 3.52. The van der Waals surface area contributed by atoms with E-state index in [2.05, 4.69) is 16.5 Å². The van der Waals surface area contributed by atoms with Crippen LogP contribution in [0.2, 0.25) is 0 Å². The number of aliphatic hydroxyl groups is 1. The molecule has 0 unspecified atom stereocenters. The van der Waals surface area contributed by atoms with Crippen molar-refractivity contribution < 1.29 is 9.84 Å². The van der Waals surface area contributed by atoms with Crippen molar-refractivity contribution in [1.29, 1.82) is 0 Å². The molecule has 0 aliphatic rings. The molecule has 0 aliphatic carbocycles. The highest BCUT2D eigenvalue weighted by Gasteiger charge is 1.94. The number of aliphatic hydroxyl groups excluding tert-OH is 1. The van der Waals surface area contributed by atoms with Crippen LogP contribution in [0.25, 0.3) is 0 Å². The summed E-state index contributed by atoms with van der Waals surface area (Å²) < 4.78 is 5.08. The second kappa shape index (κ2) is 4.46. The Labute approximate surface area is 70.5 Å². The van der Waals surface area contributed by atoms with Gasteiger partial charge < -0.3 is 9.84 Å². The lowest BCUT2D eigenvalue weighted by atomic mass is 10.5. The van der Waals surface area contributed by atoms with E-state index in [1.54, 1.807) is 6.08 Å². The largest absolute Gasteiger partial charge is 0.472 e. The molecule has 0 aliphatic heterocycles. The SMILES string of the molecule is C=CCOc1cnc(CO)cn1. The van der Waals surface area contributed by atoms with Gasteiger partial charge in [0.15, 0.2) is 0 Å². The van der Waals surface area contributed by atoms with Gasteiger partial charge in [0.2, 0.25) is 5.88 Å². The van der Waals surface area contributed by atoms with Gasteiger partial charge in [-0.3, -0.25) is 4.98 Å². The van der Waals surface area contributed by atoms with Gasteiger partial charge in [-0.05, 0) is 0 Å². The van der Waals surface area contributed by atoms with E-state index in [0.29, 0.717) is 18.2 Å². The lowest BCUT2D eigenvalue weighted by Crippen LogP contribution is -1.97. The van der Waals surface area contributed by atoms with E-state index in [1.165, 1.54) is 12.4 Å². The third kappa shape index (κ3) is 2.32. The number of ether oxygens (including phenoxy) is 1. The third-order valence-electron chi connectivity index (χ3n) is 1.19. The number of hydrogen-bond acceptors (Lipinski definition) is 4. The van der Waals surface area contributed by atoms with Crippen molar-refractivity contribution >= 4 is 0 Å². The molecule has 1 heterocycles. The summed E-state index contributed by atoms with van der Waals surface area (Å²) in [6.07, 6.45) is 4.56. The van der Waals surface area contributed by atoms with Gasteiger partial charge >= 0.3 is 0 Å². The van der Waals surface area contributed by atoms with Crippen molar-refractivity contribution in [3.8, 4) is 5.88 Å². The zero-order valence-electron chi connectivity index (χ0n) is 6.60. The van der Waals surface area contributed by atoms with Crippen LogP contribution in [-0.2, 0) is 6.61 Å². The van der Waals surface area contributed by atoms with Gasteiger partial charge in [-0.15, -0.1) is 0 Å². The third-order valence-corrected chi connectivity index (χ3v) is 1.19. The Morgan fingerprint density at radius 1 is 1.50 bits per heavy atom. The minimum Gasteiger partial charge on any atom is -0.472 e. The van der Waals surface area contributed by atoms with Crippen LogP contribution in [0.5, 0.6) is 5.88 Å². The molecule has 0 aromatic carbocycles. The van der Waals surface area contributed by atoms with E-state index in [9.17, 15) is 0 Å². The first-order valence-corrected chi connectivity index (χ1v) is 3.52. The Balaban J connectivity index is 2.58. The van der Waals surface area contributed by atoms with Gasteiger partial charge in [0.05, 0.1) is 24.7 Å². The maximum absolute atomic E-state index is 8.65. The van der Waals surface area contributed by atoms with Crippen LogP contribution in [0.3, 0.4) is 0 Å². The highest BCUT2D eigenvalue weighted by atomic mass is 16.5. The summed E-state index contributed by atoms with van der Waals surface area (Å²) in [7, 11) is 0. The van der Waals surface area contributed by atoms with Gasteiger partial charge in [-0.2, -0.15) is 0 Å². The Bertz CT molecular complexity index is 246. The fraction of sp³-hybridized carbons (Fsp3) is 0.250. The van der Waals surface area contributed by atoms with Crippen LogP contribution in [0.4, 0.5) is 0 Å². The zero-order valence-corrected chi connectivity index (χ0v) is 6.60. The molecule has 4 heteroatoms. The van der Waals surface area contributed by atoms with Gasteiger partial charge in [-0.25, -0.2) is 4.98 Å². The summed E-state index contributed by atoms with van der Waals surface area (Å²) in [4.78, 5) is 7.77. The second-order valence-corrected chi connectivity index (χ2v) is 2.10. The van der Waals surface area contributed by atoms with Crippen molar-refractivity contribution in [2.75, 3.05) is 6.61 Å². The van der Waals surface area contributed by atoms with Crippen LogP contribution < -0.4 is 4.74 Å². The summed E-state index contributed by atoms with van der Waals surface area (Å²) in [6.45, 7) is 3.80. The Hall–Kier alpha value is -1.42. The van der Waals surface area contributed by atoms with E-state index < -0.39 is 0 Å². The van der Waals surface area contributed by atoms with Crippen LogP contribution in [0.1, 0.15) is 5.69 Å². The van der Waals surface area contributed by atoms with Crippen molar-refractivity contribution in [3.05, 3.63) is 30.7 Å². The van der Waals surface area contributed by atoms with Gasteiger partial charge in [0.1, 0.15) is 6.61 Å². The zero-order chi connectivity index (χ0) is 8.81. The van der Waals surface area contributed by atoms with Crippen molar-refractivity contribution in [3.63, 3.8) is 0 Å². The summed E-state index contributed by atoms with van der Waals surface area (Å²) >= 11 is 0. The molecule has 1 rings (SSSR count). The van der Waals surface area contributed by atoms with Crippen LogP contribution in [-0.4, -0.2) is 21.7 Å². The summed E-state index contributed by atoms with van der Waals surface area (Å²) in [5.74, 6) is 0.437. The predicted octanol–water partition coefficient (Wildman–Crippen LogP) is 0.534. The minimum absolute atomic E-state index is 0.102. The molecule has 0 saturated carbocycles. The van der Waals surface area contributed by atoms with Crippen molar-refractivity contribution in [2.45, 2.75) is 6.61 Å². The first-order chi connectivity index (χ1) is 5.86. The van der Waals surface area contributed by atoms with Gasteiger partial charge in [0.25, 0.3) is 0 Å². The minimum atomic E-state index is -0.102. The fourth-order valence-corrected chi connectivity index (χ4v) is 0.643. The molecule has 0 saturated heterocycles. The molecule has 0 spiro atoms. The smallest absolute Gasteiger partial charge is 0.232 e. The first kappa shape index (κ1) is 8.67. The van der Waals surface area contributed by atoms with Crippen LogP contribution in [0, 0.1) is 0 Å². The molecular formula is C8H10N2O2. The topological polar surface area (TPSA) is 55.2 Å². The number of hydrogen-bond donors (Lipinski definition) is 1. The predicted molar refractivity (Wildman–Crippen MR) is 43.6 cm³/mol. The van der Waals surface area contributed by atoms with Crippen LogP contribution in [0.15, 0.2) is 25.0 Å². The van der Waals surface area contributed by atoms with Crippen LogP contribution >= 0.6 is 0 Å². The molecular weight excluding hydrogens is 156 g/mol. The molecule has 0 bridgehead atoms. The second-order valence-electron chi connectivity index (χ2n) is 2.10. The normalized spacial score (nSPS) is 9.42. The quantitative estimate of drug-likeness (QED) is 0.663. The fourth-order valence-electron chi connectivity index (χ4n) is 0.643. The van der Waals surface area contributed by atoms with E-state index in [1.807, 2.05) is 0 Å². The molecule has 0 fully saturated rings. The summed E-state index contributed by atoms with van der Waals surface area (Å²) in [6, 6.07) is 0. The van der Waals surface area contributed by atoms with Crippen molar-refractivity contribution in [2.24, 2.45) is 0 Å². The standard InChI is InChI=1S/C8H10N2O2/c1-2-3-12-8-5-9-7(6-11)4-10-8/h2,4-5,11H,1,3,6H2. The van der Waals surface area contributed by atoms with Gasteiger partial charge in [-0.1, -0.05) is 12.7 Å². The maximum Gasteiger partial charge on any atom is 0.232 e. The molecule has 0 amide bonds. The molecule has 12 heavy (non-hydrogen) atoms. The summed E-state index contributed by atoms with van der Waals surface area (Å²) in [5, 5.41) is 8.65. The number of rotatable bonds is 4. The van der Waals surface area contributed by atoms with E-state index >= 15 is 0 Å². The molecule has 1 aromatic heterocycles. The van der Waals surface area contributed by atoms with E-state index in [-0.39, 0.29) is 6.61 Å². The molecule has 1 aromatic rings. The monoisotopic (exact) mass is 166 g/mol. The molecule has 4 nitrogen and oxygen atoms in total. The van der Waals surface area contributed by atoms with Gasteiger partial charge in [0, 0.05) is 0 Å². The molecule has 0 radical (unpaired) electrons. The lowest BCUT2D eigenvalue weighted by molar-refractivity contribution is 0.275. The maximum atomic E-state index is 8.65. The van der Waals surface area contributed by atoms with E-state index in [0.717, 1.165) is 0 Å². The van der Waals surface area contributed by atoms with Crippen molar-refractivity contribution in [1.82, 2.24) is 9.97 Å². The summed E-state index contributed by atoms with van der Waals surface area (Å²) in [5.41, 5.74) is 0.529. The van der Waals surface area contributed by atoms with E-state index in [4.69, 9.17) is 9.84 Å². The lowest BCUT2D eigenvalue weighted by Gasteiger charge is -2.00. The average Bonchev–Trinajstić information content (AvgIpc) is 2.15. The molecule has 64 valence electrons. The molecule has 1 N–H and O–H groups in total. The molecule has 0 atom stereocenters. The number of aromatic nitrogens is 2. The Kier molecular flexibility index (Phi) is 3.22. The highest BCUT2D eigenvalue weighted by Crippen LogP contribution is 2.03. The highest BCUT2D eigenvalue weighted by molar-refractivity contribution is 5.06.